The number of nitro groups is 1. The highest BCUT2D eigenvalue weighted by molar-refractivity contribution is 5.72. The van der Waals surface area contributed by atoms with Gasteiger partial charge in [0, 0.05) is 14.2 Å². The summed E-state index contributed by atoms with van der Waals surface area (Å²) in [5.74, 6) is -0.512. The average Bonchev–Trinajstić information content (AvgIpc) is 2.70. The Morgan fingerprint density at radius 1 is 1.32 bits per heavy atom. The van der Waals surface area contributed by atoms with E-state index in [1.807, 2.05) is 0 Å². The fourth-order valence-corrected chi connectivity index (χ4v) is 1.83. The van der Waals surface area contributed by atoms with Crippen molar-refractivity contribution in [2.24, 2.45) is 14.1 Å². The third-order valence-corrected chi connectivity index (χ3v) is 2.76. The molecule has 0 fully saturated rings. The van der Waals surface area contributed by atoms with Gasteiger partial charge in [0.05, 0.1) is 7.05 Å². The number of hydrogen-bond acceptors (Lipinski definition) is 6. The van der Waals surface area contributed by atoms with Gasteiger partial charge in [0.1, 0.15) is 6.73 Å². The van der Waals surface area contributed by atoms with E-state index in [-0.39, 0.29) is 17.9 Å². The molecule has 2 aromatic rings. The van der Waals surface area contributed by atoms with Gasteiger partial charge in [-0.15, -0.1) is 0 Å². The van der Waals surface area contributed by atoms with Crippen LogP contribution in [0.3, 0.4) is 0 Å². The van der Waals surface area contributed by atoms with E-state index >= 15 is 0 Å². The fraction of sp³-hybridized carbons (Fsp3) is 0.444. The summed E-state index contributed by atoms with van der Waals surface area (Å²) in [5, 5.41) is 10.8. The van der Waals surface area contributed by atoms with Crippen molar-refractivity contribution in [3.05, 3.63) is 31.0 Å². The third kappa shape index (κ3) is 1.73. The largest absolute Gasteiger partial charge is 0.437 e. The zero-order valence-electron chi connectivity index (χ0n) is 10.5. The first kappa shape index (κ1) is 13.0. The molecule has 10 nitrogen and oxygen atoms in total. The lowest BCUT2D eigenvalue weighted by Gasteiger charge is -2.04. The van der Waals surface area contributed by atoms with Crippen LogP contribution >= 0.6 is 0 Å². The Morgan fingerprint density at radius 3 is 2.47 bits per heavy atom. The van der Waals surface area contributed by atoms with E-state index in [0.29, 0.717) is 0 Å². The lowest BCUT2D eigenvalue weighted by molar-refractivity contribution is -0.396. The summed E-state index contributed by atoms with van der Waals surface area (Å²) < 4.78 is 7.81. The average molecular weight is 269 g/mol. The highest BCUT2D eigenvalue weighted by Crippen LogP contribution is 2.15. The number of ether oxygens (including phenoxy) is 1. The van der Waals surface area contributed by atoms with Crippen LogP contribution in [0.2, 0.25) is 0 Å². The topological polar surface area (TPSA) is 114 Å². The molecule has 0 saturated heterocycles. The van der Waals surface area contributed by atoms with Crippen molar-refractivity contribution in [1.82, 2.24) is 18.7 Å². The molecule has 0 saturated carbocycles. The Kier molecular flexibility index (Phi) is 2.94. The first-order valence-corrected chi connectivity index (χ1v) is 5.19. The summed E-state index contributed by atoms with van der Waals surface area (Å²) in [7, 11) is 3.99. The van der Waals surface area contributed by atoms with Crippen LogP contribution in [0.4, 0.5) is 5.95 Å². The molecule has 0 unspecified atom stereocenters. The third-order valence-electron chi connectivity index (χ3n) is 2.76. The minimum absolute atomic E-state index is 0.0224. The van der Waals surface area contributed by atoms with E-state index in [0.717, 1.165) is 13.7 Å². The van der Waals surface area contributed by atoms with Crippen molar-refractivity contribution in [3.8, 4) is 0 Å². The van der Waals surface area contributed by atoms with Crippen molar-refractivity contribution in [2.45, 2.75) is 6.73 Å². The molecule has 10 heteroatoms. The predicted molar refractivity (Wildman–Crippen MR) is 63.9 cm³/mol. The van der Waals surface area contributed by atoms with Crippen molar-refractivity contribution in [2.75, 3.05) is 7.11 Å². The van der Waals surface area contributed by atoms with Gasteiger partial charge in [-0.3, -0.25) is 9.36 Å². The number of fused-ring (bicyclic) bond motifs is 1. The Balaban J connectivity index is 3.04. The number of methoxy groups -OCH3 is 1. The first-order chi connectivity index (χ1) is 8.90. The molecule has 0 aliphatic carbocycles. The van der Waals surface area contributed by atoms with Crippen LogP contribution in [0.15, 0.2) is 9.59 Å². The number of imidazole rings is 1. The molecule has 0 N–H and O–H groups in total. The minimum Gasteiger partial charge on any atom is -0.390 e. The lowest BCUT2D eigenvalue weighted by Crippen LogP contribution is -2.39. The molecule has 0 spiro atoms. The second-order valence-electron chi connectivity index (χ2n) is 3.89. The van der Waals surface area contributed by atoms with Crippen molar-refractivity contribution in [3.63, 3.8) is 0 Å². The Labute approximate surface area is 105 Å². The van der Waals surface area contributed by atoms with Crippen LogP contribution in [0.5, 0.6) is 0 Å². The molecule has 2 aromatic heterocycles. The maximum absolute atomic E-state index is 12.0. The highest BCUT2D eigenvalue weighted by Gasteiger charge is 2.26. The van der Waals surface area contributed by atoms with Gasteiger partial charge in [-0.1, -0.05) is 0 Å². The Bertz CT molecular complexity index is 783. The number of aryl methyl sites for hydroxylation is 1. The molecular formula is C9H11N5O5. The summed E-state index contributed by atoms with van der Waals surface area (Å²) >= 11 is 0. The Morgan fingerprint density at radius 2 is 1.95 bits per heavy atom. The molecule has 2 heterocycles. The summed E-state index contributed by atoms with van der Waals surface area (Å²) in [5.41, 5.74) is -1.38. The number of hydrogen-bond donors (Lipinski definition) is 0. The van der Waals surface area contributed by atoms with E-state index in [1.54, 1.807) is 0 Å². The molecule has 0 aliphatic heterocycles. The molecule has 102 valence electrons. The smallest absolute Gasteiger partial charge is 0.390 e. The summed E-state index contributed by atoms with van der Waals surface area (Å²) in [6, 6.07) is 0. The van der Waals surface area contributed by atoms with Gasteiger partial charge in [-0.05, 0) is 9.91 Å². The van der Waals surface area contributed by atoms with E-state index < -0.39 is 22.1 Å². The van der Waals surface area contributed by atoms with Crippen LogP contribution < -0.4 is 11.2 Å². The molecule has 0 aromatic carbocycles. The van der Waals surface area contributed by atoms with Crippen LogP contribution in [-0.2, 0) is 25.6 Å². The fourth-order valence-electron chi connectivity index (χ4n) is 1.83. The zero-order chi connectivity index (χ0) is 14.3. The highest BCUT2D eigenvalue weighted by atomic mass is 16.6. The molecule has 2 rings (SSSR count). The second kappa shape index (κ2) is 4.31. The van der Waals surface area contributed by atoms with Gasteiger partial charge in [-0.25, -0.2) is 13.9 Å². The maximum Gasteiger partial charge on any atom is 0.437 e. The molecule has 0 radical (unpaired) electrons. The second-order valence-corrected chi connectivity index (χ2v) is 3.89. The predicted octanol–water partition coefficient (Wildman–Crippen LogP) is -1.05. The molecular weight excluding hydrogens is 258 g/mol. The maximum atomic E-state index is 12.0. The number of aromatic nitrogens is 4. The van der Waals surface area contributed by atoms with Crippen molar-refractivity contribution >= 4 is 17.1 Å². The summed E-state index contributed by atoms with van der Waals surface area (Å²) in [6.45, 7) is -0.155. The van der Waals surface area contributed by atoms with Crippen LogP contribution in [0.25, 0.3) is 11.2 Å². The van der Waals surface area contributed by atoms with E-state index in [4.69, 9.17) is 4.74 Å². The van der Waals surface area contributed by atoms with Gasteiger partial charge < -0.3 is 14.9 Å². The Hall–Kier alpha value is -2.49. The van der Waals surface area contributed by atoms with Crippen LogP contribution in [-0.4, -0.2) is 30.7 Å². The van der Waals surface area contributed by atoms with Crippen LogP contribution in [0, 0.1) is 10.1 Å². The quantitative estimate of drug-likeness (QED) is 0.518. The summed E-state index contributed by atoms with van der Waals surface area (Å²) in [6.07, 6.45) is 0. The number of rotatable bonds is 3. The first-order valence-electron chi connectivity index (χ1n) is 5.19. The van der Waals surface area contributed by atoms with Gasteiger partial charge >= 0.3 is 11.6 Å². The lowest BCUT2D eigenvalue weighted by atomic mass is 10.5. The number of nitrogens with zero attached hydrogens (tertiary/aromatic N) is 5. The summed E-state index contributed by atoms with van der Waals surface area (Å²) in [4.78, 5) is 37.7. The molecule has 0 aliphatic rings. The van der Waals surface area contributed by atoms with Gasteiger partial charge in [0.15, 0.2) is 0 Å². The molecule has 19 heavy (non-hydrogen) atoms. The molecule has 0 bridgehead atoms. The van der Waals surface area contributed by atoms with Gasteiger partial charge in [0.25, 0.3) is 11.2 Å². The monoisotopic (exact) mass is 269 g/mol. The van der Waals surface area contributed by atoms with E-state index in [2.05, 4.69) is 4.98 Å². The SMILES string of the molecule is COCn1c(=O)n(C)c(=O)c2c1nc([N+](=O)[O-])n2C. The standard InChI is InChI=1S/C9H11N5O5/c1-11-5-6(10-8(11)14(17)18)13(4-19-3)9(16)12(2)7(5)15/h4H2,1-3H3. The zero-order valence-corrected chi connectivity index (χ0v) is 10.5. The van der Waals surface area contributed by atoms with E-state index in [9.17, 15) is 19.7 Å². The van der Waals surface area contributed by atoms with Gasteiger partial charge in [0.2, 0.25) is 5.52 Å². The normalized spacial score (nSPS) is 11.1. The molecule has 0 atom stereocenters. The minimum atomic E-state index is -0.721. The van der Waals surface area contributed by atoms with Crippen molar-refractivity contribution < 1.29 is 9.66 Å². The van der Waals surface area contributed by atoms with E-state index in [1.165, 1.54) is 21.2 Å². The molecule has 0 amide bonds. The van der Waals surface area contributed by atoms with Crippen molar-refractivity contribution in [1.29, 1.82) is 0 Å². The van der Waals surface area contributed by atoms with Gasteiger partial charge in [-0.2, -0.15) is 0 Å². The van der Waals surface area contributed by atoms with Crippen LogP contribution in [0.1, 0.15) is 0 Å².